The van der Waals surface area contributed by atoms with Crippen molar-refractivity contribution in [3.05, 3.63) is 0 Å². The normalized spacial score (nSPS) is 13.6. The summed E-state index contributed by atoms with van der Waals surface area (Å²) in [5, 5.41) is 0. The highest BCUT2D eigenvalue weighted by Crippen LogP contribution is 2.49. The van der Waals surface area contributed by atoms with Crippen LogP contribution in [0.25, 0.3) is 0 Å². The fraction of sp³-hybridized carbons (Fsp3) is 0.826. The number of quaternary nitrogens is 3. The molecule has 0 aliphatic carbocycles. The fourth-order valence-electron chi connectivity index (χ4n) is 4.81. The Bertz CT molecular complexity index is 661. The molecule has 0 aromatic carbocycles. The Balaban J connectivity index is 4.29. The molecule has 0 fully saturated rings. The first-order valence-corrected chi connectivity index (χ1v) is 13.1. The van der Waals surface area contributed by atoms with Crippen LogP contribution in [0.5, 0.6) is 0 Å². The molecule has 32 heavy (non-hydrogen) atoms. The van der Waals surface area contributed by atoms with Gasteiger partial charge in [-0.3, -0.25) is 13.4 Å². The predicted molar refractivity (Wildman–Crippen MR) is 134 cm³/mol. The molecule has 0 atom stereocenters. The molecule has 5 nitrogen and oxygen atoms in total. The van der Waals surface area contributed by atoms with Crippen LogP contribution in [0.1, 0.15) is 62.3 Å². The summed E-state index contributed by atoms with van der Waals surface area (Å²) in [6.07, 6.45) is 0. The number of thioether (sulfide) groups is 1. The topological polar surface area (TPSA) is 25.8 Å². The van der Waals surface area contributed by atoms with Crippen LogP contribution in [-0.4, -0.2) is 74.4 Å². The summed E-state index contributed by atoms with van der Waals surface area (Å²) in [6.45, 7) is 25.1. The molecule has 0 radical (unpaired) electrons. The van der Waals surface area contributed by atoms with Crippen molar-refractivity contribution in [1.82, 2.24) is 23.4 Å². The van der Waals surface area contributed by atoms with Crippen LogP contribution in [0.2, 0.25) is 0 Å². The number of halogens is 3. The third kappa shape index (κ3) is 5.42. The highest BCUT2D eigenvalue weighted by molar-refractivity contribution is 8.00. The fourth-order valence-corrected chi connectivity index (χ4v) is 5.71. The molecule has 0 saturated carbocycles. The largest absolute Gasteiger partial charge is 0.446 e. The Morgan fingerprint density at radius 3 is 1.06 bits per heavy atom. The lowest BCUT2D eigenvalue weighted by Gasteiger charge is -2.40. The molecule has 0 unspecified atom stereocenters. The molecule has 0 amide bonds. The predicted octanol–water partition coefficient (Wildman–Crippen LogP) is 6.19. The van der Waals surface area contributed by atoms with Gasteiger partial charge in [-0.05, 0) is 62.3 Å². The van der Waals surface area contributed by atoms with Crippen molar-refractivity contribution >= 4 is 29.3 Å². The lowest BCUT2D eigenvalue weighted by Crippen LogP contribution is -2.55. The average Bonchev–Trinajstić information content (AvgIpc) is 2.79. The molecule has 0 aliphatic rings. The van der Waals surface area contributed by atoms with Crippen molar-refractivity contribution in [2.75, 3.05) is 58.9 Å². The van der Waals surface area contributed by atoms with E-state index >= 15 is 0 Å². The first-order valence-electron chi connectivity index (χ1n) is 12.3. The highest BCUT2D eigenvalue weighted by atomic mass is 32.2. The van der Waals surface area contributed by atoms with E-state index in [-0.39, 0.29) is 16.7 Å². The zero-order valence-electron chi connectivity index (χ0n) is 21.6. The summed E-state index contributed by atoms with van der Waals surface area (Å²) < 4.78 is 43.2. The SMILES string of the molecule is CC[N+](CC)(CC)c1nc([N+](CC)(CC)CC)c(SC(F)(F)F)c([N+](CC)(CC)CC)n1. The van der Waals surface area contributed by atoms with Gasteiger partial charge in [0, 0.05) is 11.8 Å². The molecule has 0 spiro atoms. The third-order valence-electron chi connectivity index (χ3n) is 7.81. The minimum atomic E-state index is -4.41. The second-order valence-electron chi connectivity index (χ2n) is 8.33. The monoisotopic (exact) mass is 480 g/mol. The van der Waals surface area contributed by atoms with E-state index < -0.39 is 5.51 Å². The third-order valence-corrected chi connectivity index (χ3v) is 8.61. The van der Waals surface area contributed by atoms with Crippen molar-refractivity contribution in [3.8, 4) is 0 Å². The van der Waals surface area contributed by atoms with Crippen LogP contribution in [0.4, 0.5) is 30.8 Å². The average molecular weight is 481 g/mol. The van der Waals surface area contributed by atoms with Gasteiger partial charge in [-0.25, -0.2) is 0 Å². The first kappa shape index (κ1) is 29.1. The molecule has 0 saturated heterocycles. The summed E-state index contributed by atoms with van der Waals surface area (Å²) in [4.78, 5) is 10.2. The maximum atomic E-state index is 13.9. The van der Waals surface area contributed by atoms with Gasteiger partial charge in [0.05, 0.1) is 58.9 Å². The van der Waals surface area contributed by atoms with Gasteiger partial charge in [0.1, 0.15) is 0 Å². The number of aromatic nitrogens is 2. The Morgan fingerprint density at radius 1 is 0.562 bits per heavy atom. The number of hydrogen-bond donors (Lipinski definition) is 0. The van der Waals surface area contributed by atoms with E-state index in [0.717, 1.165) is 19.6 Å². The Hall–Kier alpha value is -0.900. The quantitative estimate of drug-likeness (QED) is 0.249. The zero-order valence-corrected chi connectivity index (χ0v) is 22.5. The van der Waals surface area contributed by atoms with Crippen molar-refractivity contribution < 1.29 is 13.2 Å². The van der Waals surface area contributed by atoms with E-state index in [0.29, 0.717) is 70.3 Å². The Kier molecular flexibility index (Phi) is 10.5. The number of rotatable bonds is 13. The van der Waals surface area contributed by atoms with Gasteiger partial charge in [0.2, 0.25) is 0 Å². The van der Waals surface area contributed by atoms with E-state index in [1.165, 1.54) is 0 Å². The molecule has 9 heteroatoms. The first-order chi connectivity index (χ1) is 15.0. The molecule has 1 heterocycles. The van der Waals surface area contributed by atoms with Crippen LogP contribution in [0.15, 0.2) is 4.90 Å². The Labute approximate surface area is 197 Å². The summed E-state index contributed by atoms with van der Waals surface area (Å²) in [5.41, 5.74) is -4.41. The summed E-state index contributed by atoms with van der Waals surface area (Å²) >= 11 is -0.0211. The lowest BCUT2D eigenvalue weighted by molar-refractivity contribution is -0.0329. The van der Waals surface area contributed by atoms with Crippen LogP contribution >= 0.6 is 11.8 Å². The number of hydrogen-bond acceptors (Lipinski definition) is 3. The Morgan fingerprint density at radius 2 is 0.844 bits per heavy atom. The lowest BCUT2D eigenvalue weighted by atomic mass is 10.2. The molecule has 0 aliphatic heterocycles. The number of alkyl halides is 3. The summed E-state index contributed by atoms with van der Waals surface area (Å²) in [5.74, 6) is 1.73. The molecule has 1 aromatic rings. The van der Waals surface area contributed by atoms with E-state index in [9.17, 15) is 13.2 Å². The highest BCUT2D eigenvalue weighted by Gasteiger charge is 2.47. The van der Waals surface area contributed by atoms with Gasteiger partial charge in [-0.1, -0.05) is 0 Å². The van der Waals surface area contributed by atoms with E-state index in [1.807, 2.05) is 41.5 Å². The van der Waals surface area contributed by atoms with E-state index in [2.05, 4.69) is 20.8 Å². The van der Waals surface area contributed by atoms with Gasteiger partial charge in [0.25, 0.3) is 11.6 Å². The maximum Gasteiger partial charge on any atom is 0.446 e. The second kappa shape index (κ2) is 11.5. The zero-order chi connectivity index (χ0) is 24.8. The number of nitrogens with zero attached hydrogens (tertiary/aromatic N) is 5. The minimum absolute atomic E-state index is 0.0211. The maximum absolute atomic E-state index is 13.9. The van der Waals surface area contributed by atoms with E-state index in [4.69, 9.17) is 9.97 Å². The van der Waals surface area contributed by atoms with Gasteiger partial charge in [-0.2, -0.15) is 13.2 Å². The van der Waals surface area contributed by atoms with E-state index in [1.54, 1.807) is 0 Å². The van der Waals surface area contributed by atoms with Crippen LogP contribution in [0.3, 0.4) is 0 Å². The molecule has 0 N–H and O–H groups in total. The van der Waals surface area contributed by atoms with Crippen LogP contribution in [-0.2, 0) is 0 Å². The molecular formula is C23H45F3N5S+3. The minimum Gasteiger partial charge on any atom is -0.274 e. The summed E-state index contributed by atoms with van der Waals surface area (Å²) in [6, 6.07) is 0. The smallest absolute Gasteiger partial charge is 0.274 e. The van der Waals surface area contributed by atoms with Crippen LogP contribution in [0, 0.1) is 0 Å². The molecule has 1 aromatic heterocycles. The molecule has 0 bridgehead atoms. The van der Waals surface area contributed by atoms with Crippen LogP contribution < -0.4 is 13.4 Å². The second-order valence-corrected chi connectivity index (χ2v) is 9.40. The van der Waals surface area contributed by atoms with Crippen molar-refractivity contribution in [3.63, 3.8) is 0 Å². The molecule has 186 valence electrons. The van der Waals surface area contributed by atoms with Crippen molar-refractivity contribution in [2.45, 2.75) is 72.7 Å². The van der Waals surface area contributed by atoms with Crippen molar-refractivity contribution in [2.24, 2.45) is 0 Å². The van der Waals surface area contributed by atoms with Gasteiger partial charge in [-0.15, -0.1) is 9.97 Å². The molecule has 1 rings (SSSR count). The summed E-state index contributed by atoms with van der Waals surface area (Å²) in [7, 11) is 0. The van der Waals surface area contributed by atoms with Gasteiger partial charge in [0.15, 0.2) is 4.90 Å². The van der Waals surface area contributed by atoms with Gasteiger partial charge < -0.3 is 0 Å². The van der Waals surface area contributed by atoms with Crippen molar-refractivity contribution in [1.29, 1.82) is 0 Å². The standard InChI is InChI=1S/C23H45F3N5S/c1-10-29(11-2,12-3)20-19(32-23(24,25)26)21(30(13-4,14-5)15-6)28-22(27-20)31(16-7,17-8)18-9/h10-18H2,1-9H3/q+3. The molecular weight excluding hydrogens is 435 g/mol. The van der Waals surface area contributed by atoms with Gasteiger partial charge >= 0.3 is 11.5 Å².